The molecule has 1 atom stereocenters. The molecule has 0 amide bonds. The summed E-state index contributed by atoms with van der Waals surface area (Å²) in [4.78, 5) is 16.4. The van der Waals surface area contributed by atoms with Crippen LogP contribution in [0, 0.1) is 5.92 Å². The van der Waals surface area contributed by atoms with Gasteiger partial charge in [-0.3, -0.25) is 0 Å². The van der Waals surface area contributed by atoms with E-state index in [4.69, 9.17) is 21.1 Å². The van der Waals surface area contributed by atoms with Crippen molar-refractivity contribution in [3.63, 3.8) is 0 Å². The number of aromatic amines is 1. The third-order valence-electron chi connectivity index (χ3n) is 7.17. The van der Waals surface area contributed by atoms with Gasteiger partial charge in [0, 0.05) is 12.0 Å². The first-order valence-electron chi connectivity index (χ1n) is 12.2. The number of hydrogen-bond donors (Lipinski definition) is 3. The number of esters is 1. The molecule has 0 saturated heterocycles. The number of phenols is 1. The van der Waals surface area contributed by atoms with Gasteiger partial charge < -0.3 is 24.7 Å². The van der Waals surface area contributed by atoms with Crippen LogP contribution in [0.25, 0.3) is 11.4 Å². The number of benzene rings is 2. The lowest BCUT2D eigenvalue weighted by Crippen LogP contribution is -2.45. The number of H-pyrrole nitrogens is 1. The number of carbonyl (C=O) groups is 1. The molecule has 3 aromatic rings. The number of hydrogen-bond acceptors (Lipinski definition) is 8. The van der Waals surface area contributed by atoms with Crippen molar-refractivity contribution in [2.75, 3.05) is 7.11 Å². The third-order valence-corrected chi connectivity index (χ3v) is 8.45. The van der Waals surface area contributed by atoms with Gasteiger partial charge in [0.2, 0.25) is 0 Å². The molecule has 2 aromatic carbocycles. The van der Waals surface area contributed by atoms with Crippen LogP contribution < -0.4 is 4.74 Å². The second-order valence-electron chi connectivity index (χ2n) is 9.48. The molecule has 10 heteroatoms. The van der Waals surface area contributed by atoms with E-state index in [1.807, 2.05) is 18.2 Å². The highest BCUT2D eigenvalue weighted by Gasteiger charge is 2.48. The van der Waals surface area contributed by atoms with Gasteiger partial charge in [-0.15, -0.1) is 10.2 Å². The fourth-order valence-corrected chi connectivity index (χ4v) is 6.25. The van der Waals surface area contributed by atoms with Crippen molar-refractivity contribution in [1.82, 2.24) is 15.2 Å². The van der Waals surface area contributed by atoms with Gasteiger partial charge in [-0.1, -0.05) is 30.5 Å². The maximum atomic E-state index is 13.3. The molecule has 1 saturated carbocycles. The molecule has 0 bridgehead atoms. The molecule has 2 heterocycles. The molecule has 1 fully saturated rings. The topological polar surface area (TPSA) is 118 Å². The molecule has 5 rings (SSSR count). The number of aryl methyl sites for hydroxylation is 1. The van der Waals surface area contributed by atoms with Crippen LogP contribution in [-0.2, 0) is 16.0 Å². The summed E-state index contributed by atoms with van der Waals surface area (Å²) in [5.74, 6) is 0.914. The van der Waals surface area contributed by atoms with Crippen LogP contribution in [0.1, 0.15) is 44.1 Å². The second kappa shape index (κ2) is 10.7. The molecule has 8 nitrogen and oxygen atoms in total. The van der Waals surface area contributed by atoms with E-state index in [-0.39, 0.29) is 28.8 Å². The summed E-state index contributed by atoms with van der Waals surface area (Å²) in [5, 5.41) is 29.7. The van der Waals surface area contributed by atoms with E-state index < -0.39 is 11.6 Å². The lowest BCUT2D eigenvalue weighted by Gasteiger charge is -2.41. The van der Waals surface area contributed by atoms with Crippen LogP contribution in [-0.4, -0.2) is 44.1 Å². The molecular formula is C27H28ClN3O5S. The van der Waals surface area contributed by atoms with Crippen molar-refractivity contribution in [3.05, 3.63) is 63.7 Å². The number of aromatic hydroxyl groups is 1. The highest BCUT2D eigenvalue weighted by Crippen LogP contribution is 2.47. The average molecular weight is 542 g/mol. The van der Waals surface area contributed by atoms with Gasteiger partial charge in [-0.05, 0) is 85.3 Å². The fraction of sp³-hybridized carbons (Fsp3) is 0.370. The molecule has 1 unspecified atom stereocenters. The van der Waals surface area contributed by atoms with E-state index in [0.717, 1.165) is 48.6 Å². The molecule has 0 radical (unpaired) electrons. The van der Waals surface area contributed by atoms with Crippen LogP contribution in [0.2, 0.25) is 5.02 Å². The summed E-state index contributed by atoms with van der Waals surface area (Å²) in [5.41, 5.74) is 0.985. The number of aliphatic hydroxyl groups excluding tert-OH is 1. The highest BCUT2D eigenvalue weighted by atomic mass is 35.5. The SMILES string of the molecule is COc1ccc(CCC2(C3CCCC3)CC(O)=C(Sc3nnc(-c4ccc(O)cc4)[nH]3)C(=O)O2)cc1Cl. The Morgan fingerprint density at radius 3 is 2.59 bits per heavy atom. The van der Waals surface area contributed by atoms with Crippen LogP contribution in [0.5, 0.6) is 11.5 Å². The van der Waals surface area contributed by atoms with E-state index in [2.05, 4.69) is 15.2 Å². The Morgan fingerprint density at radius 2 is 1.92 bits per heavy atom. The molecule has 37 heavy (non-hydrogen) atoms. The Morgan fingerprint density at radius 1 is 1.16 bits per heavy atom. The summed E-state index contributed by atoms with van der Waals surface area (Å²) in [6.07, 6.45) is 5.59. The number of aromatic nitrogens is 3. The average Bonchev–Trinajstić information content (AvgIpc) is 3.59. The Labute approximate surface area is 224 Å². The molecule has 1 aromatic heterocycles. The van der Waals surface area contributed by atoms with Crippen molar-refractivity contribution >= 4 is 29.3 Å². The van der Waals surface area contributed by atoms with E-state index in [0.29, 0.717) is 34.6 Å². The molecule has 3 N–H and O–H groups in total. The second-order valence-corrected chi connectivity index (χ2v) is 10.9. The molecule has 194 valence electrons. The molecule has 0 spiro atoms. The van der Waals surface area contributed by atoms with Crippen molar-refractivity contribution in [2.24, 2.45) is 5.92 Å². The number of nitrogens with zero attached hydrogens (tertiary/aromatic N) is 2. The largest absolute Gasteiger partial charge is 0.511 e. The summed E-state index contributed by atoms with van der Waals surface area (Å²) < 4.78 is 11.4. The zero-order valence-electron chi connectivity index (χ0n) is 20.4. The molecule has 1 aliphatic heterocycles. The number of ether oxygens (including phenoxy) is 2. The summed E-state index contributed by atoms with van der Waals surface area (Å²) in [6.45, 7) is 0. The van der Waals surface area contributed by atoms with E-state index in [9.17, 15) is 15.0 Å². The van der Waals surface area contributed by atoms with Crippen LogP contribution in [0.4, 0.5) is 0 Å². The Bertz CT molecular complexity index is 1320. The van der Waals surface area contributed by atoms with Gasteiger partial charge in [0.1, 0.15) is 27.8 Å². The van der Waals surface area contributed by atoms with Gasteiger partial charge in [-0.2, -0.15) is 0 Å². The number of thioether (sulfide) groups is 1. The standard InChI is InChI=1S/C27H28ClN3O5S/c1-35-22-11-6-16(14-20(22)28)12-13-27(18-4-2-3-5-18)15-21(33)23(25(34)36-27)37-26-29-24(30-31-26)17-7-9-19(32)10-8-17/h6-11,14,18,32-33H,2-5,12-13,15H2,1H3,(H,29,30,31). The van der Waals surface area contributed by atoms with Crippen molar-refractivity contribution < 1.29 is 24.5 Å². The van der Waals surface area contributed by atoms with Gasteiger partial charge in [-0.25, -0.2) is 4.79 Å². The zero-order chi connectivity index (χ0) is 26.0. The first kappa shape index (κ1) is 25.5. The number of rotatable bonds is 8. The number of cyclic esters (lactones) is 1. The number of aliphatic hydroxyl groups is 1. The minimum absolute atomic E-state index is 0.0171. The molecular weight excluding hydrogens is 514 g/mol. The predicted octanol–water partition coefficient (Wildman–Crippen LogP) is 6.21. The Kier molecular flexibility index (Phi) is 7.35. The minimum Gasteiger partial charge on any atom is -0.511 e. The Balaban J connectivity index is 1.35. The third kappa shape index (κ3) is 5.43. The minimum atomic E-state index is -0.771. The lowest BCUT2D eigenvalue weighted by molar-refractivity contribution is -0.166. The molecule has 2 aliphatic rings. The monoisotopic (exact) mass is 541 g/mol. The fourth-order valence-electron chi connectivity index (χ4n) is 5.23. The summed E-state index contributed by atoms with van der Waals surface area (Å²) in [7, 11) is 1.58. The van der Waals surface area contributed by atoms with Gasteiger partial charge in [0.15, 0.2) is 11.0 Å². The first-order chi connectivity index (χ1) is 17.9. The van der Waals surface area contributed by atoms with Crippen molar-refractivity contribution in [1.29, 1.82) is 0 Å². The van der Waals surface area contributed by atoms with E-state index >= 15 is 0 Å². The number of phenolic OH excluding ortho intramolecular Hbond substituents is 1. The van der Waals surface area contributed by atoms with E-state index in [1.54, 1.807) is 31.4 Å². The predicted molar refractivity (Wildman–Crippen MR) is 141 cm³/mol. The summed E-state index contributed by atoms with van der Waals surface area (Å²) in [6, 6.07) is 12.2. The van der Waals surface area contributed by atoms with E-state index in [1.165, 1.54) is 0 Å². The van der Waals surface area contributed by atoms with Crippen molar-refractivity contribution in [2.45, 2.75) is 55.7 Å². The first-order valence-corrected chi connectivity index (χ1v) is 13.4. The zero-order valence-corrected chi connectivity index (χ0v) is 21.9. The van der Waals surface area contributed by atoms with Crippen LogP contribution >= 0.6 is 23.4 Å². The van der Waals surface area contributed by atoms with Gasteiger partial charge in [0.25, 0.3) is 0 Å². The summed E-state index contributed by atoms with van der Waals surface area (Å²) >= 11 is 7.33. The lowest BCUT2D eigenvalue weighted by atomic mass is 9.77. The molecule has 1 aliphatic carbocycles. The van der Waals surface area contributed by atoms with Crippen molar-refractivity contribution in [3.8, 4) is 22.9 Å². The smallest absolute Gasteiger partial charge is 0.349 e. The number of methoxy groups -OCH3 is 1. The van der Waals surface area contributed by atoms with Crippen LogP contribution in [0.3, 0.4) is 0 Å². The quantitative estimate of drug-likeness (QED) is 0.288. The normalized spacial score (nSPS) is 20.3. The maximum absolute atomic E-state index is 13.3. The Hall–Kier alpha value is -3.17. The number of halogens is 1. The van der Waals surface area contributed by atoms with Crippen LogP contribution in [0.15, 0.2) is 58.3 Å². The number of carbonyl (C=O) groups excluding carboxylic acids is 1. The van der Waals surface area contributed by atoms with Gasteiger partial charge in [0.05, 0.1) is 12.1 Å². The van der Waals surface area contributed by atoms with Gasteiger partial charge >= 0.3 is 5.97 Å². The highest BCUT2D eigenvalue weighted by molar-refractivity contribution is 8.03. The number of nitrogens with one attached hydrogen (secondary N) is 1. The maximum Gasteiger partial charge on any atom is 0.349 e.